The fourth-order valence-electron chi connectivity index (χ4n) is 5.80. The summed E-state index contributed by atoms with van der Waals surface area (Å²) in [6.07, 6.45) is 8.45. The maximum absolute atomic E-state index is 13.9. The van der Waals surface area contributed by atoms with E-state index in [1.54, 1.807) is 12.1 Å². The molecule has 2 aliphatic heterocycles. The van der Waals surface area contributed by atoms with Crippen LogP contribution in [0.5, 0.6) is 0 Å². The number of nitrogens with zero attached hydrogens (tertiary/aromatic N) is 3. The Balaban J connectivity index is 1.23. The van der Waals surface area contributed by atoms with Gasteiger partial charge in [0.2, 0.25) is 5.95 Å². The molecule has 1 N–H and O–H groups in total. The molecule has 0 bridgehead atoms. The molecule has 3 heterocycles. The third kappa shape index (κ3) is 5.85. The van der Waals surface area contributed by atoms with Crippen LogP contribution in [-0.4, -0.2) is 39.6 Å². The Kier molecular flexibility index (Phi) is 8.01. The molecule has 9 heteroatoms. The van der Waals surface area contributed by atoms with Crippen molar-refractivity contribution >= 4 is 39.9 Å². The molecular weight excluding hydrogens is 547 g/mol. The van der Waals surface area contributed by atoms with E-state index in [0.717, 1.165) is 55.1 Å². The predicted molar refractivity (Wildman–Crippen MR) is 158 cm³/mol. The lowest BCUT2D eigenvalue weighted by Gasteiger charge is -2.44. The third-order valence-corrected chi connectivity index (χ3v) is 9.81. The van der Waals surface area contributed by atoms with Gasteiger partial charge < -0.3 is 15.0 Å². The highest BCUT2D eigenvalue weighted by Crippen LogP contribution is 2.44. The van der Waals surface area contributed by atoms with Crippen LogP contribution in [0.15, 0.2) is 82.3 Å². The highest BCUT2D eigenvalue weighted by atomic mass is 35.5. The average molecular weight is 579 g/mol. The van der Waals surface area contributed by atoms with Gasteiger partial charge in [0.25, 0.3) is 0 Å². The van der Waals surface area contributed by atoms with Crippen LogP contribution in [-0.2, 0) is 28.6 Å². The fraction of sp³-hybridized carbons (Fsp3) is 0.355. The smallest absolute Gasteiger partial charge is 0.227 e. The van der Waals surface area contributed by atoms with Gasteiger partial charge in [0.1, 0.15) is 10.7 Å². The summed E-state index contributed by atoms with van der Waals surface area (Å²) in [4.78, 5) is 12.5. The minimum absolute atomic E-state index is 0.0831. The second kappa shape index (κ2) is 11.8. The molecule has 1 aliphatic carbocycles. The maximum atomic E-state index is 13.9. The zero-order valence-electron chi connectivity index (χ0n) is 22.2. The van der Waals surface area contributed by atoms with Crippen molar-refractivity contribution in [2.75, 3.05) is 35.7 Å². The van der Waals surface area contributed by atoms with Crippen molar-refractivity contribution in [1.29, 1.82) is 0 Å². The van der Waals surface area contributed by atoms with Crippen molar-refractivity contribution in [1.82, 2.24) is 9.97 Å². The molecule has 1 unspecified atom stereocenters. The average Bonchev–Trinajstić information content (AvgIpc) is 3.35. The summed E-state index contributed by atoms with van der Waals surface area (Å²) in [6.45, 7) is 2.76. The largest absolute Gasteiger partial charge is 0.376 e. The van der Waals surface area contributed by atoms with E-state index < -0.39 is 10.8 Å². The number of ether oxygens (including phenoxy) is 1. The molecule has 2 aromatic carbocycles. The van der Waals surface area contributed by atoms with Gasteiger partial charge in [-0.1, -0.05) is 59.6 Å². The second-order valence-corrected chi connectivity index (χ2v) is 12.6. The molecule has 0 amide bonds. The van der Waals surface area contributed by atoms with Crippen LogP contribution in [0, 0.1) is 11.2 Å². The normalized spacial score (nSPS) is 20.1. The summed E-state index contributed by atoms with van der Waals surface area (Å²) in [6, 6.07) is 16.5. The molecule has 1 atom stereocenters. The monoisotopic (exact) mass is 578 g/mol. The Labute approximate surface area is 241 Å². The Bertz CT molecular complexity index is 1470. The van der Waals surface area contributed by atoms with Crippen LogP contribution < -0.4 is 10.2 Å². The summed E-state index contributed by atoms with van der Waals surface area (Å²) in [5, 5.41) is 4.10. The van der Waals surface area contributed by atoms with Gasteiger partial charge in [-0.25, -0.2) is 9.37 Å². The zero-order chi connectivity index (χ0) is 27.5. The van der Waals surface area contributed by atoms with Crippen LogP contribution in [0.25, 0.3) is 0 Å². The Morgan fingerprint density at radius 1 is 1.02 bits per heavy atom. The van der Waals surface area contributed by atoms with Gasteiger partial charge in [-0.2, -0.15) is 4.98 Å². The first kappa shape index (κ1) is 27.1. The van der Waals surface area contributed by atoms with Gasteiger partial charge in [-0.15, -0.1) is 0 Å². The topological polar surface area (TPSA) is 67.4 Å². The lowest BCUT2D eigenvalue weighted by Crippen LogP contribution is -2.44. The molecular formula is C31H32ClFN4O2S. The molecule has 0 saturated carbocycles. The van der Waals surface area contributed by atoms with Crippen molar-refractivity contribution < 1.29 is 13.3 Å². The van der Waals surface area contributed by atoms with Crippen LogP contribution in [0.1, 0.15) is 36.9 Å². The molecule has 3 aliphatic rings. The van der Waals surface area contributed by atoms with Crippen LogP contribution in [0.2, 0.25) is 0 Å². The quantitative estimate of drug-likeness (QED) is 0.322. The van der Waals surface area contributed by atoms with Gasteiger partial charge in [0.15, 0.2) is 5.82 Å². The summed E-state index contributed by atoms with van der Waals surface area (Å²) >= 11 is 6.30. The number of aryl methyl sites for hydroxylation is 1. The molecule has 0 radical (unpaired) electrons. The SMILES string of the molecule is O=S1CCc2nc(N3CCC(COCc4ccccc4)(C4=CC=C(Cl)CC4)CC3)nc(Nc3cccc(F)c3)c21. The molecule has 6 nitrogen and oxygen atoms in total. The number of aromatic nitrogens is 2. The Hall–Kier alpha value is -3.07. The first-order valence-electron chi connectivity index (χ1n) is 13.7. The van der Waals surface area contributed by atoms with Crippen LogP contribution in [0.3, 0.4) is 0 Å². The highest BCUT2D eigenvalue weighted by molar-refractivity contribution is 7.85. The number of benzene rings is 2. The fourth-order valence-corrected chi connectivity index (χ4v) is 7.26. The second-order valence-electron chi connectivity index (χ2n) is 10.6. The molecule has 0 spiro atoms. The van der Waals surface area contributed by atoms with E-state index in [-0.39, 0.29) is 11.2 Å². The minimum Gasteiger partial charge on any atom is -0.376 e. The molecule has 1 fully saturated rings. The standard InChI is InChI=1S/C31H32ClFN4O2S/c32-24-11-9-23(10-12-24)31(21-39-20-22-5-2-1-3-6-22)14-16-37(17-15-31)30-35-27-13-18-40(38)28(27)29(36-30)34-26-8-4-7-25(33)19-26/h1-9,11,19H,10,12-18,20-21H2,(H,34,35,36). The van der Waals surface area contributed by atoms with Gasteiger partial charge in [0, 0.05) is 41.4 Å². The molecule has 6 rings (SSSR count). The van der Waals surface area contributed by atoms with Gasteiger partial charge in [-0.3, -0.25) is 4.21 Å². The van der Waals surface area contributed by atoms with Gasteiger partial charge in [0.05, 0.1) is 29.7 Å². The van der Waals surface area contributed by atoms with Crippen molar-refractivity contribution in [2.45, 2.75) is 43.6 Å². The van der Waals surface area contributed by atoms with Gasteiger partial charge >= 0.3 is 0 Å². The number of piperidine rings is 1. The Morgan fingerprint density at radius 3 is 2.60 bits per heavy atom. The van der Waals surface area contributed by atoms with E-state index in [1.807, 2.05) is 24.3 Å². The number of halogens is 2. The first-order chi connectivity index (χ1) is 19.5. The number of nitrogens with one attached hydrogen (secondary N) is 1. The van der Waals surface area contributed by atoms with E-state index >= 15 is 0 Å². The summed E-state index contributed by atoms with van der Waals surface area (Å²) in [5.41, 5.74) is 3.85. The summed E-state index contributed by atoms with van der Waals surface area (Å²) in [7, 11) is -1.18. The summed E-state index contributed by atoms with van der Waals surface area (Å²) in [5.74, 6) is 1.31. The number of fused-ring (bicyclic) bond motifs is 1. The first-order valence-corrected chi connectivity index (χ1v) is 15.4. The molecule has 1 saturated heterocycles. The van der Waals surface area contributed by atoms with Crippen LogP contribution >= 0.6 is 11.6 Å². The van der Waals surface area contributed by atoms with E-state index in [1.165, 1.54) is 17.7 Å². The highest BCUT2D eigenvalue weighted by Gasteiger charge is 2.39. The maximum Gasteiger partial charge on any atom is 0.227 e. The Morgan fingerprint density at radius 2 is 1.85 bits per heavy atom. The van der Waals surface area contributed by atoms with E-state index in [4.69, 9.17) is 26.3 Å². The summed E-state index contributed by atoms with van der Waals surface area (Å²) < 4.78 is 33.0. The van der Waals surface area contributed by atoms with E-state index in [9.17, 15) is 8.60 Å². The number of rotatable bonds is 8. The van der Waals surface area contributed by atoms with Crippen molar-refractivity contribution in [3.05, 3.63) is 94.4 Å². The molecule has 1 aromatic heterocycles. The lowest BCUT2D eigenvalue weighted by molar-refractivity contribution is 0.0368. The van der Waals surface area contributed by atoms with Crippen LogP contribution in [0.4, 0.5) is 21.8 Å². The molecule has 40 heavy (non-hydrogen) atoms. The predicted octanol–water partition coefficient (Wildman–Crippen LogP) is 6.67. The number of anilines is 3. The number of allylic oxidation sites excluding steroid dienone is 3. The number of hydrogen-bond donors (Lipinski definition) is 1. The van der Waals surface area contributed by atoms with Crippen molar-refractivity contribution in [3.8, 4) is 0 Å². The van der Waals surface area contributed by atoms with Crippen molar-refractivity contribution in [3.63, 3.8) is 0 Å². The van der Waals surface area contributed by atoms with E-state index in [2.05, 4.69) is 28.4 Å². The minimum atomic E-state index is -1.18. The van der Waals surface area contributed by atoms with E-state index in [0.29, 0.717) is 47.7 Å². The zero-order valence-corrected chi connectivity index (χ0v) is 23.8. The number of hydrogen-bond acceptors (Lipinski definition) is 6. The lowest BCUT2D eigenvalue weighted by atomic mass is 9.70. The molecule has 3 aromatic rings. The van der Waals surface area contributed by atoms with Gasteiger partial charge in [-0.05, 0) is 55.5 Å². The third-order valence-electron chi connectivity index (χ3n) is 8.04. The molecule has 208 valence electrons. The van der Waals surface area contributed by atoms with Crippen molar-refractivity contribution in [2.24, 2.45) is 5.41 Å².